The van der Waals surface area contributed by atoms with Crippen molar-refractivity contribution in [1.82, 2.24) is 4.90 Å². The van der Waals surface area contributed by atoms with Crippen LogP contribution in [0.25, 0.3) is 0 Å². The summed E-state index contributed by atoms with van der Waals surface area (Å²) in [5, 5.41) is 0. The first-order chi connectivity index (χ1) is 9.39. The normalized spacial score (nSPS) is 22.6. The SMILES string of the molecule is CC(C)(C)OC(=O)N1CCCC1(C=O)c1ccccc1. The minimum atomic E-state index is -0.885. The monoisotopic (exact) mass is 275 g/mol. The zero-order chi connectivity index (χ0) is 14.8. The van der Waals surface area contributed by atoms with Crippen LogP contribution in [0.5, 0.6) is 0 Å². The Morgan fingerprint density at radius 2 is 1.95 bits per heavy atom. The van der Waals surface area contributed by atoms with Gasteiger partial charge in [0.25, 0.3) is 0 Å². The predicted molar refractivity (Wildman–Crippen MR) is 76.4 cm³/mol. The van der Waals surface area contributed by atoms with Crippen LogP contribution in [-0.4, -0.2) is 29.4 Å². The van der Waals surface area contributed by atoms with Gasteiger partial charge >= 0.3 is 6.09 Å². The van der Waals surface area contributed by atoms with Gasteiger partial charge in [0.05, 0.1) is 0 Å². The Morgan fingerprint density at radius 3 is 2.50 bits per heavy atom. The van der Waals surface area contributed by atoms with Crippen molar-refractivity contribution in [1.29, 1.82) is 0 Å². The molecule has 0 bridgehead atoms. The molecule has 1 aromatic carbocycles. The highest BCUT2D eigenvalue weighted by Gasteiger charge is 2.46. The summed E-state index contributed by atoms with van der Waals surface area (Å²) >= 11 is 0. The summed E-state index contributed by atoms with van der Waals surface area (Å²) in [6.07, 6.45) is 1.89. The fraction of sp³-hybridized carbons (Fsp3) is 0.500. The first-order valence-electron chi connectivity index (χ1n) is 6.91. The molecule has 0 saturated carbocycles. The van der Waals surface area contributed by atoms with Gasteiger partial charge in [0.1, 0.15) is 17.4 Å². The van der Waals surface area contributed by atoms with Gasteiger partial charge in [-0.1, -0.05) is 30.3 Å². The van der Waals surface area contributed by atoms with Crippen molar-refractivity contribution in [3.8, 4) is 0 Å². The molecular formula is C16H21NO3. The first kappa shape index (κ1) is 14.6. The fourth-order valence-electron chi connectivity index (χ4n) is 2.63. The topological polar surface area (TPSA) is 46.6 Å². The van der Waals surface area contributed by atoms with E-state index in [9.17, 15) is 9.59 Å². The quantitative estimate of drug-likeness (QED) is 0.779. The molecule has 0 aromatic heterocycles. The summed E-state index contributed by atoms with van der Waals surface area (Å²) in [6, 6.07) is 9.43. The minimum Gasteiger partial charge on any atom is -0.444 e. The third kappa shape index (κ3) is 2.69. The van der Waals surface area contributed by atoms with Crippen LogP contribution < -0.4 is 0 Å². The number of rotatable bonds is 2. The van der Waals surface area contributed by atoms with Crippen molar-refractivity contribution in [3.63, 3.8) is 0 Å². The van der Waals surface area contributed by atoms with Crippen molar-refractivity contribution >= 4 is 12.4 Å². The van der Waals surface area contributed by atoms with Gasteiger partial charge in [-0.15, -0.1) is 0 Å². The van der Waals surface area contributed by atoms with E-state index in [0.717, 1.165) is 18.3 Å². The zero-order valence-corrected chi connectivity index (χ0v) is 12.3. The molecule has 1 atom stereocenters. The van der Waals surface area contributed by atoms with Gasteiger partial charge in [-0.3, -0.25) is 4.90 Å². The lowest BCUT2D eigenvalue weighted by molar-refractivity contribution is -0.117. The van der Waals surface area contributed by atoms with Crippen LogP contribution in [0, 0.1) is 0 Å². The van der Waals surface area contributed by atoms with Crippen LogP contribution in [0.1, 0.15) is 39.2 Å². The van der Waals surface area contributed by atoms with E-state index in [1.807, 2.05) is 51.1 Å². The highest BCUT2D eigenvalue weighted by molar-refractivity contribution is 5.79. The Hall–Kier alpha value is -1.84. The van der Waals surface area contributed by atoms with Gasteiger partial charge < -0.3 is 9.53 Å². The number of carbonyl (C=O) groups is 2. The average molecular weight is 275 g/mol. The molecule has 0 aliphatic carbocycles. The van der Waals surface area contributed by atoms with E-state index in [1.165, 1.54) is 0 Å². The molecule has 4 nitrogen and oxygen atoms in total. The summed E-state index contributed by atoms with van der Waals surface area (Å²) in [6.45, 7) is 6.02. The molecule has 0 N–H and O–H groups in total. The second kappa shape index (κ2) is 5.27. The second-order valence-electron chi connectivity index (χ2n) is 6.14. The maximum absolute atomic E-state index is 12.4. The van der Waals surface area contributed by atoms with E-state index in [2.05, 4.69) is 0 Å². The Bertz CT molecular complexity index is 492. The van der Waals surface area contributed by atoms with Gasteiger partial charge in [-0.25, -0.2) is 4.79 Å². The molecule has 1 aliphatic rings. The van der Waals surface area contributed by atoms with E-state index < -0.39 is 17.2 Å². The summed E-state index contributed by atoms with van der Waals surface area (Å²) in [5.41, 5.74) is -0.604. The van der Waals surface area contributed by atoms with Gasteiger partial charge in [0, 0.05) is 6.54 Å². The highest BCUT2D eigenvalue weighted by Crippen LogP contribution is 2.38. The molecule has 1 aromatic rings. The number of ether oxygens (including phenoxy) is 1. The number of aldehydes is 1. The molecule has 1 heterocycles. The van der Waals surface area contributed by atoms with Crippen molar-refractivity contribution in [2.75, 3.05) is 6.54 Å². The number of hydrogen-bond donors (Lipinski definition) is 0. The Balaban J connectivity index is 2.33. The minimum absolute atomic E-state index is 0.425. The van der Waals surface area contributed by atoms with Crippen LogP contribution in [0.2, 0.25) is 0 Å². The number of hydrogen-bond acceptors (Lipinski definition) is 3. The van der Waals surface area contributed by atoms with Crippen LogP contribution in [0.3, 0.4) is 0 Å². The van der Waals surface area contributed by atoms with E-state index in [1.54, 1.807) is 4.90 Å². The van der Waals surface area contributed by atoms with Gasteiger partial charge in [0.2, 0.25) is 0 Å². The molecule has 1 unspecified atom stereocenters. The highest BCUT2D eigenvalue weighted by atomic mass is 16.6. The molecule has 1 aliphatic heterocycles. The summed E-state index contributed by atoms with van der Waals surface area (Å²) < 4.78 is 5.43. The molecule has 20 heavy (non-hydrogen) atoms. The van der Waals surface area contributed by atoms with Crippen LogP contribution >= 0.6 is 0 Å². The maximum atomic E-state index is 12.4. The number of nitrogens with zero attached hydrogens (tertiary/aromatic N) is 1. The standard InChI is InChI=1S/C16H21NO3/c1-15(2,3)20-14(19)17-11-7-10-16(17,12-18)13-8-5-4-6-9-13/h4-6,8-9,12H,7,10-11H2,1-3H3. The lowest BCUT2D eigenvalue weighted by Gasteiger charge is -2.35. The lowest BCUT2D eigenvalue weighted by Crippen LogP contribution is -2.48. The molecule has 0 spiro atoms. The van der Waals surface area contributed by atoms with E-state index in [-0.39, 0.29) is 0 Å². The third-order valence-electron chi connectivity index (χ3n) is 3.50. The zero-order valence-electron chi connectivity index (χ0n) is 12.3. The maximum Gasteiger partial charge on any atom is 0.411 e. The van der Waals surface area contributed by atoms with Crippen LogP contribution in [-0.2, 0) is 15.1 Å². The third-order valence-corrected chi connectivity index (χ3v) is 3.50. The fourth-order valence-corrected chi connectivity index (χ4v) is 2.63. The van der Waals surface area contributed by atoms with Crippen LogP contribution in [0.15, 0.2) is 30.3 Å². The first-order valence-corrected chi connectivity index (χ1v) is 6.91. The van der Waals surface area contributed by atoms with Crippen molar-refractivity contribution < 1.29 is 14.3 Å². The van der Waals surface area contributed by atoms with Crippen LogP contribution in [0.4, 0.5) is 4.79 Å². The van der Waals surface area contributed by atoms with Gasteiger partial charge in [-0.2, -0.15) is 0 Å². The smallest absolute Gasteiger partial charge is 0.411 e. The molecule has 108 valence electrons. The molecule has 1 fully saturated rings. The largest absolute Gasteiger partial charge is 0.444 e. The second-order valence-corrected chi connectivity index (χ2v) is 6.14. The van der Waals surface area contributed by atoms with Gasteiger partial charge in [-0.05, 0) is 39.2 Å². The number of benzene rings is 1. The van der Waals surface area contributed by atoms with Gasteiger partial charge in [0.15, 0.2) is 0 Å². The number of likely N-dealkylation sites (tertiary alicyclic amines) is 1. The molecule has 4 heteroatoms. The summed E-state index contributed by atoms with van der Waals surface area (Å²) in [5.74, 6) is 0. The molecule has 1 saturated heterocycles. The molecule has 0 radical (unpaired) electrons. The van der Waals surface area contributed by atoms with E-state index in [0.29, 0.717) is 13.0 Å². The van der Waals surface area contributed by atoms with Crippen molar-refractivity contribution in [2.24, 2.45) is 0 Å². The van der Waals surface area contributed by atoms with E-state index in [4.69, 9.17) is 4.74 Å². The Morgan fingerprint density at radius 1 is 1.30 bits per heavy atom. The molecule has 2 rings (SSSR count). The Labute approximate surface area is 119 Å². The van der Waals surface area contributed by atoms with Crippen molar-refractivity contribution in [3.05, 3.63) is 35.9 Å². The molecule has 1 amide bonds. The number of amides is 1. The predicted octanol–water partition coefficient (Wildman–Crippen LogP) is 3.11. The Kier molecular flexibility index (Phi) is 3.84. The average Bonchev–Trinajstić information content (AvgIpc) is 2.83. The summed E-state index contributed by atoms with van der Waals surface area (Å²) in [4.78, 5) is 25.7. The van der Waals surface area contributed by atoms with Crippen molar-refractivity contribution in [2.45, 2.75) is 44.8 Å². The lowest BCUT2D eigenvalue weighted by atomic mass is 9.89. The number of carbonyl (C=O) groups excluding carboxylic acids is 2. The summed E-state index contributed by atoms with van der Waals surface area (Å²) in [7, 11) is 0. The molecular weight excluding hydrogens is 254 g/mol. The van der Waals surface area contributed by atoms with E-state index >= 15 is 0 Å².